The molecule has 43 heavy (non-hydrogen) atoms. The van der Waals surface area contributed by atoms with Gasteiger partial charge in [-0.2, -0.15) is 0 Å². The summed E-state index contributed by atoms with van der Waals surface area (Å²) in [5.74, 6) is -1.96. The Morgan fingerprint density at radius 2 is 1.37 bits per heavy atom. The first-order valence-electron chi connectivity index (χ1n) is 13.8. The monoisotopic (exact) mass is 594 g/mol. The third kappa shape index (κ3) is 9.57. The molecule has 0 aliphatic heterocycles. The Kier molecular flexibility index (Phi) is 11.6. The molecule has 2 aromatic rings. The van der Waals surface area contributed by atoms with Crippen molar-refractivity contribution < 1.29 is 33.4 Å². The van der Waals surface area contributed by atoms with Crippen LogP contribution in [-0.4, -0.2) is 67.3 Å². The van der Waals surface area contributed by atoms with E-state index in [0.29, 0.717) is 11.4 Å². The molecule has 0 fully saturated rings. The first kappa shape index (κ1) is 32.6. The molecule has 5 atom stereocenters. The molecule has 0 saturated carbocycles. The van der Waals surface area contributed by atoms with Crippen LogP contribution in [0.5, 0.6) is 0 Å². The number of anilines is 2. The van der Waals surface area contributed by atoms with E-state index in [-0.39, 0.29) is 17.9 Å². The zero-order valence-electron chi connectivity index (χ0n) is 24.5. The second-order valence-electron chi connectivity index (χ2n) is 10.3. The number of hydrogen-bond donors (Lipinski definition) is 6. The lowest BCUT2D eigenvalue weighted by atomic mass is 9.89. The number of nitrogens with two attached hydrogens (primary N) is 1. The van der Waals surface area contributed by atoms with Gasteiger partial charge in [-0.05, 0) is 50.2 Å². The van der Waals surface area contributed by atoms with Crippen molar-refractivity contribution in [3.05, 3.63) is 72.3 Å². The molecule has 1 aliphatic carbocycles. The van der Waals surface area contributed by atoms with Gasteiger partial charge >= 0.3 is 12.2 Å². The molecule has 5 unspecified atom stereocenters. The first-order chi connectivity index (χ1) is 20.5. The number of hydrogen-bond acceptors (Lipinski definition) is 8. The highest BCUT2D eigenvalue weighted by Gasteiger charge is 2.42. The molecular weight excluding hydrogens is 556 g/mol. The third-order valence-electron chi connectivity index (χ3n) is 6.70. The zero-order valence-corrected chi connectivity index (χ0v) is 24.5. The molecule has 0 heterocycles. The van der Waals surface area contributed by atoms with Gasteiger partial charge in [-0.3, -0.25) is 25.0 Å². The Bertz CT molecular complexity index is 1320. The highest BCUT2D eigenvalue weighted by atomic mass is 16.6. The predicted molar refractivity (Wildman–Crippen MR) is 160 cm³/mol. The maximum atomic E-state index is 13.3. The van der Waals surface area contributed by atoms with Gasteiger partial charge in [-0.1, -0.05) is 50.2 Å². The molecule has 7 N–H and O–H groups in total. The summed E-state index contributed by atoms with van der Waals surface area (Å²) in [6.45, 7) is 5.12. The quantitative estimate of drug-likeness (QED) is 0.228. The summed E-state index contributed by atoms with van der Waals surface area (Å²) < 4.78 is 11.5. The van der Waals surface area contributed by atoms with Crippen molar-refractivity contribution in [3.63, 3.8) is 0 Å². The van der Waals surface area contributed by atoms with Crippen LogP contribution < -0.4 is 32.3 Å². The van der Waals surface area contributed by atoms with Gasteiger partial charge in [0.05, 0.1) is 12.1 Å². The van der Waals surface area contributed by atoms with Crippen LogP contribution in [0.4, 0.5) is 21.0 Å². The average molecular weight is 595 g/mol. The van der Waals surface area contributed by atoms with Crippen LogP contribution in [0.3, 0.4) is 0 Å². The maximum absolute atomic E-state index is 13.3. The van der Waals surface area contributed by atoms with E-state index in [9.17, 15) is 24.0 Å². The molecular formula is C30H38N6O7. The Morgan fingerprint density at radius 1 is 0.837 bits per heavy atom. The van der Waals surface area contributed by atoms with Crippen LogP contribution in [-0.2, 0) is 23.9 Å². The molecule has 5 amide bonds. The van der Waals surface area contributed by atoms with E-state index in [2.05, 4.69) is 26.6 Å². The number of rotatable bonds is 11. The molecule has 3 rings (SSSR count). The van der Waals surface area contributed by atoms with Gasteiger partial charge in [-0.15, -0.1) is 0 Å². The smallest absolute Gasteiger partial charge is 0.412 e. The molecule has 0 aromatic heterocycles. The van der Waals surface area contributed by atoms with E-state index >= 15 is 0 Å². The third-order valence-corrected chi connectivity index (χ3v) is 6.70. The van der Waals surface area contributed by atoms with Crippen LogP contribution in [0, 0.1) is 5.92 Å². The summed E-state index contributed by atoms with van der Waals surface area (Å²) in [4.78, 5) is 64.0. The maximum Gasteiger partial charge on any atom is 0.412 e. The largest absolute Gasteiger partial charge is 0.442 e. The van der Waals surface area contributed by atoms with E-state index < -0.39 is 60.2 Å². The molecule has 0 spiro atoms. The predicted octanol–water partition coefficient (Wildman–Crippen LogP) is 2.27. The van der Waals surface area contributed by atoms with E-state index in [1.807, 2.05) is 13.8 Å². The molecule has 1 aliphatic rings. The molecule has 230 valence electrons. The number of carbonyl (C=O) groups is 5. The molecule has 2 aromatic carbocycles. The minimum Gasteiger partial charge on any atom is -0.442 e. The number of amides is 5. The van der Waals surface area contributed by atoms with Gasteiger partial charge in [0.25, 0.3) is 0 Å². The minimum absolute atomic E-state index is 0.0878. The number of ether oxygens (including phenoxy) is 2. The van der Waals surface area contributed by atoms with E-state index in [4.69, 9.17) is 15.2 Å². The van der Waals surface area contributed by atoms with Gasteiger partial charge in [0.2, 0.25) is 17.7 Å². The average Bonchev–Trinajstić information content (AvgIpc) is 2.95. The summed E-state index contributed by atoms with van der Waals surface area (Å²) in [7, 11) is 1.63. The van der Waals surface area contributed by atoms with Crippen LogP contribution in [0.2, 0.25) is 0 Å². The highest BCUT2D eigenvalue weighted by molar-refractivity contribution is 5.97. The Labute approximate surface area is 249 Å². The van der Waals surface area contributed by atoms with Crippen molar-refractivity contribution in [1.82, 2.24) is 16.0 Å². The Balaban J connectivity index is 1.96. The Hall–Kier alpha value is -4.91. The number of carbonyl (C=O) groups excluding carboxylic acids is 5. The normalized spacial score (nSPS) is 19.2. The lowest BCUT2D eigenvalue weighted by molar-refractivity contribution is -0.127. The number of benzene rings is 2. The van der Waals surface area contributed by atoms with Gasteiger partial charge in [0.15, 0.2) is 6.10 Å². The first-order valence-corrected chi connectivity index (χ1v) is 13.8. The fourth-order valence-electron chi connectivity index (χ4n) is 4.47. The standard InChI is InChI=1S/C30H38N6O7/c1-17(2)24(32-4)28(39)36-22-15-19(27(38)33-18(3)26(31)37)16-23(42-29(40)34-20-11-7-5-8-12-20)25(22)43-30(41)35-21-13-9-6-10-14-21/h5-15,17-18,22-25,32H,16H2,1-4H3,(H2,31,37)(H,33,38)(H,34,40)(H,35,41)(H,36,39). The second-order valence-corrected chi connectivity index (χ2v) is 10.3. The van der Waals surface area contributed by atoms with Gasteiger partial charge in [-0.25, -0.2) is 9.59 Å². The second kappa shape index (κ2) is 15.4. The molecule has 0 bridgehead atoms. The van der Waals surface area contributed by atoms with Crippen LogP contribution in [0.15, 0.2) is 72.3 Å². The number of primary amides is 1. The van der Waals surface area contributed by atoms with Crippen LogP contribution >= 0.6 is 0 Å². The van der Waals surface area contributed by atoms with Gasteiger partial charge < -0.3 is 31.2 Å². The van der Waals surface area contributed by atoms with Crippen LogP contribution in [0.25, 0.3) is 0 Å². The summed E-state index contributed by atoms with van der Waals surface area (Å²) in [6, 6.07) is 14.4. The fraction of sp³-hybridized carbons (Fsp3) is 0.367. The molecule has 13 heteroatoms. The Morgan fingerprint density at radius 3 is 1.86 bits per heavy atom. The lowest BCUT2D eigenvalue weighted by Crippen LogP contribution is -2.58. The zero-order chi connectivity index (χ0) is 31.5. The number of nitrogens with one attached hydrogen (secondary N) is 5. The number of likely N-dealkylation sites (N-methyl/N-ethyl adjacent to an activating group) is 1. The summed E-state index contributed by atoms with van der Waals surface area (Å²) in [5.41, 5.74) is 6.30. The molecule has 13 nitrogen and oxygen atoms in total. The summed E-state index contributed by atoms with van der Waals surface area (Å²) in [5, 5.41) is 13.5. The van der Waals surface area contributed by atoms with Crippen molar-refractivity contribution in [2.75, 3.05) is 17.7 Å². The van der Waals surface area contributed by atoms with Crippen molar-refractivity contribution >= 4 is 41.3 Å². The lowest BCUT2D eigenvalue weighted by Gasteiger charge is -2.37. The molecule has 0 saturated heterocycles. The summed E-state index contributed by atoms with van der Waals surface area (Å²) >= 11 is 0. The van der Waals surface area contributed by atoms with Crippen molar-refractivity contribution in [1.29, 1.82) is 0 Å². The highest BCUT2D eigenvalue weighted by Crippen LogP contribution is 2.27. The number of para-hydroxylation sites is 2. The fourth-order valence-corrected chi connectivity index (χ4v) is 4.47. The van der Waals surface area contributed by atoms with Crippen molar-refractivity contribution in [2.24, 2.45) is 11.7 Å². The van der Waals surface area contributed by atoms with Crippen molar-refractivity contribution in [3.8, 4) is 0 Å². The minimum atomic E-state index is -1.25. The van der Waals surface area contributed by atoms with E-state index in [0.717, 1.165) is 0 Å². The topological polar surface area (TPSA) is 190 Å². The van der Waals surface area contributed by atoms with Gasteiger partial charge in [0.1, 0.15) is 12.1 Å². The van der Waals surface area contributed by atoms with E-state index in [1.54, 1.807) is 67.7 Å². The van der Waals surface area contributed by atoms with Gasteiger partial charge in [0, 0.05) is 23.4 Å². The van der Waals surface area contributed by atoms with Crippen molar-refractivity contribution in [2.45, 2.75) is 57.5 Å². The van der Waals surface area contributed by atoms with Crippen LogP contribution in [0.1, 0.15) is 27.2 Å². The SMILES string of the molecule is CNC(C(=O)NC1C=C(C(=O)NC(C)C(N)=O)CC(OC(=O)Nc2ccccc2)C1OC(=O)Nc1ccccc1)C(C)C. The molecule has 0 radical (unpaired) electrons. The summed E-state index contributed by atoms with van der Waals surface area (Å²) in [6.07, 6.45) is -3.00. The van der Waals surface area contributed by atoms with E-state index in [1.165, 1.54) is 13.0 Å².